The number of aryl methyl sites for hydroxylation is 3. The number of hydrogen-bond acceptors (Lipinski definition) is 1. The van der Waals surface area contributed by atoms with Crippen molar-refractivity contribution in [3.63, 3.8) is 0 Å². The van der Waals surface area contributed by atoms with E-state index in [4.69, 9.17) is 0 Å². The van der Waals surface area contributed by atoms with E-state index in [0.717, 1.165) is 18.4 Å². The van der Waals surface area contributed by atoms with E-state index in [2.05, 4.69) is 52.1 Å². The fraction of sp³-hybridized carbons (Fsp3) is 0.647. The maximum absolute atomic E-state index is 3.72. The Kier molecular flexibility index (Phi) is 4.11. The molecule has 1 aromatic carbocycles. The van der Waals surface area contributed by atoms with Gasteiger partial charge in [0.2, 0.25) is 0 Å². The molecular weight excluding hydrogens is 218 g/mol. The molecule has 0 radical (unpaired) electrons. The average Bonchev–Trinajstić information content (AvgIpc) is 3.09. The van der Waals surface area contributed by atoms with Crippen LogP contribution in [0.1, 0.15) is 55.0 Å². The molecule has 1 saturated carbocycles. The summed E-state index contributed by atoms with van der Waals surface area (Å²) in [5.41, 5.74) is 5.82. The number of hydrogen-bond donors (Lipinski definition) is 1. The van der Waals surface area contributed by atoms with Crippen LogP contribution in [0.15, 0.2) is 12.1 Å². The second kappa shape index (κ2) is 5.44. The molecule has 1 aromatic rings. The van der Waals surface area contributed by atoms with Crippen LogP contribution in [-0.2, 0) is 0 Å². The van der Waals surface area contributed by atoms with Gasteiger partial charge in [0.25, 0.3) is 0 Å². The molecule has 1 fully saturated rings. The first-order chi connectivity index (χ1) is 8.54. The quantitative estimate of drug-likeness (QED) is 0.815. The molecule has 0 amide bonds. The van der Waals surface area contributed by atoms with Gasteiger partial charge in [-0.1, -0.05) is 31.5 Å². The summed E-state index contributed by atoms with van der Waals surface area (Å²) in [6.45, 7) is 12.4. The third kappa shape index (κ3) is 2.77. The predicted octanol–water partition coefficient (Wildman–Crippen LogP) is 4.31. The standard InChI is InChI=1S/C17H27N/c1-6-18-17(14(5)15-7-8-15)16-12(3)9-11(2)10-13(16)4/h9-10,14-15,17-18H,6-8H2,1-5H3. The van der Waals surface area contributed by atoms with Crippen molar-refractivity contribution in [2.75, 3.05) is 6.54 Å². The Bertz CT molecular complexity index is 395. The molecule has 1 aliphatic carbocycles. The van der Waals surface area contributed by atoms with Crippen molar-refractivity contribution < 1.29 is 0 Å². The smallest absolute Gasteiger partial charge is 0.0353 e. The van der Waals surface area contributed by atoms with Crippen LogP contribution < -0.4 is 5.32 Å². The molecule has 2 rings (SSSR count). The average molecular weight is 245 g/mol. The molecule has 0 heterocycles. The van der Waals surface area contributed by atoms with Crippen molar-refractivity contribution in [1.82, 2.24) is 5.32 Å². The monoisotopic (exact) mass is 245 g/mol. The lowest BCUT2D eigenvalue weighted by molar-refractivity contribution is 0.353. The molecule has 100 valence electrons. The van der Waals surface area contributed by atoms with Gasteiger partial charge in [0.05, 0.1) is 0 Å². The highest BCUT2D eigenvalue weighted by Gasteiger charge is 2.34. The maximum atomic E-state index is 3.72. The van der Waals surface area contributed by atoms with Crippen LogP contribution in [-0.4, -0.2) is 6.54 Å². The van der Waals surface area contributed by atoms with Crippen molar-refractivity contribution in [2.45, 2.75) is 53.5 Å². The zero-order valence-corrected chi connectivity index (χ0v) is 12.5. The highest BCUT2D eigenvalue weighted by atomic mass is 14.9. The molecule has 1 nitrogen and oxygen atoms in total. The van der Waals surface area contributed by atoms with E-state index >= 15 is 0 Å². The first kappa shape index (κ1) is 13.6. The molecular formula is C17H27N. The Morgan fingerprint density at radius 3 is 2.17 bits per heavy atom. The maximum Gasteiger partial charge on any atom is 0.0353 e. The van der Waals surface area contributed by atoms with E-state index in [1.165, 1.54) is 29.5 Å². The van der Waals surface area contributed by atoms with Crippen LogP contribution >= 0.6 is 0 Å². The van der Waals surface area contributed by atoms with E-state index in [1.807, 2.05) is 0 Å². The van der Waals surface area contributed by atoms with Gasteiger partial charge in [-0.05, 0) is 68.7 Å². The first-order valence-electron chi connectivity index (χ1n) is 7.35. The van der Waals surface area contributed by atoms with Crippen LogP contribution in [0.3, 0.4) is 0 Å². The lowest BCUT2D eigenvalue weighted by Gasteiger charge is -2.28. The molecule has 18 heavy (non-hydrogen) atoms. The van der Waals surface area contributed by atoms with Gasteiger partial charge in [-0.15, -0.1) is 0 Å². The Hall–Kier alpha value is -0.820. The van der Waals surface area contributed by atoms with Crippen LogP contribution in [0, 0.1) is 32.6 Å². The second-order valence-electron chi connectivity index (χ2n) is 6.04. The number of rotatable bonds is 5. The summed E-state index contributed by atoms with van der Waals surface area (Å²) in [4.78, 5) is 0. The lowest BCUT2D eigenvalue weighted by Crippen LogP contribution is -2.29. The fourth-order valence-corrected chi connectivity index (χ4v) is 3.35. The summed E-state index contributed by atoms with van der Waals surface area (Å²) in [7, 11) is 0. The minimum atomic E-state index is 0.531. The third-order valence-electron chi connectivity index (χ3n) is 4.36. The summed E-state index contributed by atoms with van der Waals surface area (Å²) in [6.07, 6.45) is 2.85. The second-order valence-corrected chi connectivity index (χ2v) is 6.04. The molecule has 2 atom stereocenters. The Labute approximate surface area is 112 Å². The lowest BCUT2D eigenvalue weighted by atomic mass is 9.85. The number of nitrogens with one attached hydrogen (secondary N) is 1. The molecule has 0 bridgehead atoms. The van der Waals surface area contributed by atoms with Gasteiger partial charge in [-0.25, -0.2) is 0 Å². The van der Waals surface area contributed by atoms with Crippen molar-refractivity contribution >= 4 is 0 Å². The summed E-state index contributed by atoms with van der Waals surface area (Å²) in [5.74, 6) is 1.69. The molecule has 2 unspecified atom stereocenters. The first-order valence-corrected chi connectivity index (χ1v) is 7.35. The van der Waals surface area contributed by atoms with Crippen molar-refractivity contribution in [3.8, 4) is 0 Å². The molecule has 1 heteroatoms. The Morgan fingerprint density at radius 1 is 1.17 bits per heavy atom. The van der Waals surface area contributed by atoms with Gasteiger partial charge in [0.1, 0.15) is 0 Å². The van der Waals surface area contributed by atoms with Crippen LogP contribution in [0.4, 0.5) is 0 Å². The van der Waals surface area contributed by atoms with E-state index in [0.29, 0.717) is 6.04 Å². The van der Waals surface area contributed by atoms with Gasteiger partial charge >= 0.3 is 0 Å². The largest absolute Gasteiger partial charge is 0.310 e. The fourth-order valence-electron chi connectivity index (χ4n) is 3.35. The van der Waals surface area contributed by atoms with Crippen molar-refractivity contribution in [1.29, 1.82) is 0 Å². The molecule has 1 N–H and O–H groups in total. The zero-order valence-electron chi connectivity index (χ0n) is 12.5. The minimum absolute atomic E-state index is 0.531. The zero-order chi connectivity index (χ0) is 13.3. The van der Waals surface area contributed by atoms with Gasteiger partial charge in [-0.3, -0.25) is 0 Å². The van der Waals surface area contributed by atoms with E-state index < -0.39 is 0 Å². The van der Waals surface area contributed by atoms with Crippen LogP contribution in [0.25, 0.3) is 0 Å². The predicted molar refractivity (Wildman–Crippen MR) is 79.0 cm³/mol. The molecule has 0 aliphatic heterocycles. The normalized spacial score (nSPS) is 18.7. The van der Waals surface area contributed by atoms with Crippen LogP contribution in [0.5, 0.6) is 0 Å². The molecule has 0 saturated heterocycles. The topological polar surface area (TPSA) is 12.0 Å². The van der Waals surface area contributed by atoms with Gasteiger partial charge in [-0.2, -0.15) is 0 Å². The molecule has 0 aromatic heterocycles. The minimum Gasteiger partial charge on any atom is -0.310 e. The SMILES string of the molecule is CCNC(c1c(C)cc(C)cc1C)C(C)C1CC1. The highest BCUT2D eigenvalue weighted by molar-refractivity contribution is 5.40. The third-order valence-corrected chi connectivity index (χ3v) is 4.36. The summed E-state index contributed by atoms with van der Waals surface area (Å²) in [5, 5.41) is 3.72. The van der Waals surface area contributed by atoms with E-state index in [1.54, 1.807) is 5.56 Å². The van der Waals surface area contributed by atoms with Gasteiger partial charge in [0.15, 0.2) is 0 Å². The Balaban J connectivity index is 2.35. The van der Waals surface area contributed by atoms with Gasteiger partial charge < -0.3 is 5.32 Å². The van der Waals surface area contributed by atoms with Crippen molar-refractivity contribution in [2.24, 2.45) is 11.8 Å². The summed E-state index contributed by atoms with van der Waals surface area (Å²) in [6, 6.07) is 5.18. The Morgan fingerprint density at radius 2 is 1.72 bits per heavy atom. The summed E-state index contributed by atoms with van der Waals surface area (Å²) < 4.78 is 0. The summed E-state index contributed by atoms with van der Waals surface area (Å²) >= 11 is 0. The highest BCUT2D eigenvalue weighted by Crippen LogP contribution is 2.43. The van der Waals surface area contributed by atoms with E-state index in [9.17, 15) is 0 Å². The molecule has 0 spiro atoms. The van der Waals surface area contributed by atoms with Gasteiger partial charge in [0, 0.05) is 6.04 Å². The van der Waals surface area contributed by atoms with Crippen molar-refractivity contribution in [3.05, 3.63) is 34.4 Å². The molecule has 1 aliphatic rings. The number of benzene rings is 1. The van der Waals surface area contributed by atoms with E-state index in [-0.39, 0.29) is 0 Å². The van der Waals surface area contributed by atoms with Crippen LogP contribution in [0.2, 0.25) is 0 Å².